The number of aromatic hydroxyl groups is 1. The zero-order valence-corrected chi connectivity index (χ0v) is 28.9. The summed E-state index contributed by atoms with van der Waals surface area (Å²) in [5.41, 5.74) is 9.27. The predicted molar refractivity (Wildman–Crippen MR) is 197 cm³/mol. The maximum atomic E-state index is 13.9. The molecule has 0 aliphatic heterocycles. The van der Waals surface area contributed by atoms with Gasteiger partial charge < -0.3 is 35.1 Å². The van der Waals surface area contributed by atoms with Crippen LogP contribution in [0.4, 0.5) is 10.5 Å². The number of esters is 1. The fourth-order valence-electron chi connectivity index (χ4n) is 6.86. The molecule has 0 aromatic heterocycles. The van der Waals surface area contributed by atoms with Crippen molar-refractivity contribution < 1.29 is 38.8 Å². The minimum Gasteiger partial charge on any atom is -0.508 e. The lowest BCUT2D eigenvalue weighted by Crippen LogP contribution is -2.45. The third-order valence-electron chi connectivity index (χ3n) is 9.14. The van der Waals surface area contributed by atoms with Crippen LogP contribution in [-0.2, 0) is 30.2 Å². The first-order valence-electron chi connectivity index (χ1n) is 17.0. The molecule has 1 unspecified atom stereocenters. The Morgan fingerprint density at radius 3 is 1.92 bits per heavy atom. The SMILES string of the molecule is CCOC(=O)COC1c2ccccc2-c2ccc(NC(=O)[C@H](Cc3ccc(O)cc3)NC(=O)OCC3c4ccccc4-c4ccccc43)cc21.CO. The number of anilines is 1. The van der Waals surface area contributed by atoms with E-state index in [0.717, 1.165) is 57.2 Å². The largest absolute Gasteiger partial charge is 0.508 e. The number of phenols is 1. The molecule has 7 rings (SSSR count). The second kappa shape index (κ2) is 16.4. The molecule has 0 spiro atoms. The van der Waals surface area contributed by atoms with Gasteiger partial charge in [0.15, 0.2) is 0 Å². The highest BCUT2D eigenvalue weighted by Gasteiger charge is 2.32. The zero-order valence-electron chi connectivity index (χ0n) is 28.9. The molecule has 2 amide bonds. The van der Waals surface area contributed by atoms with Crippen LogP contribution < -0.4 is 10.6 Å². The van der Waals surface area contributed by atoms with Crippen molar-refractivity contribution in [2.75, 3.05) is 32.2 Å². The number of benzene rings is 5. The average Bonchev–Trinajstić information content (AvgIpc) is 3.66. The van der Waals surface area contributed by atoms with Crippen LogP contribution in [0.1, 0.15) is 46.8 Å². The van der Waals surface area contributed by atoms with Gasteiger partial charge in [0.05, 0.1) is 6.61 Å². The summed E-state index contributed by atoms with van der Waals surface area (Å²) in [5.74, 6) is -0.949. The van der Waals surface area contributed by atoms with Gasteiger partial charge in [0, 0.05) is 25.1 Å². The van der Waals surface area contributed by atoms with E-state index in [0.29, 0.717) is 5.69 Å². The van der Waals surface area contributed by atoms with E-state index in [1.807, 2.05) is 72.8 Å². The number of hydrogen-bond acceptors (Lipinski definition) is 8. The minimum atomic E-state index is -1.00. The van der Waals surface area contributed by atoms with Gasteiger partial charge in [-0.25, -0.2) is 9.59 Å². The normalized spacial score (nSPS) is 14.0. The molecular formula is C42H40N2O8. The van der Waals surface area contributed by atoms with E-state index in [-0.39, 0.29) is 37.9 Å². The molecule has 2 aliphatic carbocycles. The number of carbonyl (C=O) groups is 3. The average molecular weight is 701 g/mol. The van der Waals surface area contributed by atoms with Crippen LogP contribution in [-0.4, -0.2) is 61.2 Å². The monoisotopic (exact) mass is 700 g/mol. The van der Waals surface area contributed by atoms with Crippen molar-refractivity contribution in [1.82, 2.24) is 5.32 Å². The molecule has 0 heterocycles. The summed E-state index contributed by atoms with van der Waals surface area (Å²) in [7, 11) is 1.00. The number of ether oxygens (including phenoxy) is 3. The Bertz CT molecular complexity index is 2020. The number of aliphatic hydroxyl groups excluding tert-OH is 1. The lowest BCUT2D eigenvalue weighted by molar-refractivity contribution is -0.149. The minimum absolute atomic E-state index is 0.0955. The molecular weight excluding hydrogens is 660 g/mol. The number of amides is 2. The Balaban J connectivity index is 0.00000228. The van der Waals surface area contributed by atoms with E-state index in [1.54, 1.807) is 25.1 Å². The van der Waals surface area contributed by atoms with E-state index < -0.39 is 30.1 Å². The van der Waals surface area contributed by atoms with Crippen LogP contribution in [0.2, 0.25) is 0 Å². The molecule has 0 saturated heterocycles. The van der Waals surface area contributed by atoms with Gasteiger partial charge in [-0.05, 0) is 81.3 Å². The number of rotatable bonds is 11. The van der Waals surface area contributed by atoms with E-state index in [9.17, 15) is 19.5 Å². The second-order valence-corrected chi connectivity index (χ2v) is 12.3. The third-order valence-corrected chi connectivity index (χ3v) is 9.14. The van der Waals surface area contributed by atoms with E-state index in [2.05, 4.69) is 22.8 Å². The van der Waals surface area contributed by atoms with Gasteiger partial charge in [-0.1, -0.05) is 91.0 Å². The smallest absolute Gasteiger partial charge is 0.407 e. The van der Waals surface area contributed by atoms with Gasteiger partial charge in [0.1, 0.15) is 31.1 Å². The molecule has 266 valence electrons. The lowest BCUT2D eigenvalue weighted by Gasteiger charge is -2.21. The Hall–Kier alpha value is -5.97. The summed E-state index contributed by atoms with van der Waals surface area (Å²) in [4.78, 5) is 39.3. The number of fused-ring (bicyclic) bond motifs is 6. The Labute approximate surface area is 302 Å². The van der Waals surface area contributed by atoms with Crippen LogP contribution in [0, 0.1) is 0 Å². The number of aliphatic hydroxyl groups is 1. The quantitative estimate of drug-likeness (QED) is 0.111. The number of phenolic OH excluding ortho intramolecular Hbond substituents is 1. The van der Waals surface area contributed by atoms with Crippen molar-refractivity contribution in [3.8, 4) is 28.0 Å². The van der Waals surface area contributed by atoms with Gasteiger partial charge in [-0.15, -0.1) is 0 Å². The van der Waals surface area contributed by atoms with Crippen molar-refractivity contribution in [3.05, 3.63) is 143 Å². The van der Waals surface area contributed by atoms with Crippen molar-refractivity contribution in [2.24, 2.45) is 0 Å². The second-order valence-electron chi connectivity index (χ2n) is 12.3. The molecule has 5 aromatic carbocycles. The summed E-state index contributed by atoms with van der Waals surface area (Å²) < 4.78 is 16.9. The first-order chi connectivity index (χ1) is 25.4. The topological polar surface area (TPSA) is 143 Å². The first kappa shape index (κ1) is 35.8. The fourth-order valence-corrected chi connectivity index (χ4v) is 6.86. The fraction of sp³-hybridized carbons (Fsp3) is 0.214. The number of nitrogens with one attached hydrogen (secondary N) is 2. The van der Waals surface area contributed by atoms with Crippen LogP contribution in [0.15, 0.2) is 115 Å². The molecule has 0 fully saturated rings. The standard InChI is InChI=1S/C41H36N2O7.CH4O/c1-2-48-38(45)24-49-39-34-14-8-7-11-30(34)33-20-17-26(22-35(33)39)42-40(46)37(21-25-15-18-27(44)19-16-25)43-41(47)50-23-36-31-12-5-3-9-28(31)29-10-4-6-13-32(29)36;1-2/h3-20,22,36-37,39,44H,2,21,23-24H2,1H3,(H,42,46)(H,43,47);2H,1H3/t37-,39?;/m0./s1. The molecule has 2 aliphatic rings. The molecule has 5 aromatic rings. The van der Waals surface area contributed by atoms with Crippen molar-refractivity contribution in [3.63, 3.8) is 0 Å². The molecule has 10 heteroatoms. The maximum absolute atomic E-state index is 13.9. The molecule has 2 atom stereocenters. The predicted octanol–water partition coefficient (Wildman–Crippen LogP) is 6.74. The van der Waals surface area contributed by atoms with Gasteiger partial charge >= 0.3 is 12.1 Å². The molecule has 4 N–H and O–H groups in total. The molecule has 10 nitrogen and oxygen atoms in total. The Morgan fingerprint density at radius 2 is 1.29 bits per heavy atom. The van der Waals surface area contributed by atoms with Crippen LogP contribution in [0.5, 0.6) is 5.75 Å². The first-order valence-corrected chi connectivity index (χ1v) is 17.0. The highest BCUT2D eigenvalue weighted by atomic mass is 16.6. The Morgan fingerprint density at radius 1 is 0.712 bits per heavy atom. The van der Waals surface area contributed by atoms with Gasteiger partial charge in [0.2, 0.25) is 5.91 Å². The summed E-state index contributed by atoms with van der Waals surface area (Å²) in [6.07, 6.45) is -1.10. The summed E-state index contributed by atoms with van der Waals surface area (Å²) in [6.45, 7) is 1.88. The number of hydrogen-bond donors (Lipinski definition) is 4. The van der Waals surface area contributed by atoms with Gasteiger partial charge in [-0.3, -0.25) is 4.79 Å². The summed E-state index contributed by atoms with van der Waals surface area (Å²) >= 11 is 0. The van der Waals surface area contributed by atoms with E-state index >= 15 is 0 Å². The lowest BCUT2D eigenvalue weighted by atomic mass is 9.98. The van der Waals surface area contributed by atoms with Crippen LogP contribution in [0.25, 0.3) is 22.3 Å². The summed E-state index contributed by atoms with van der Waals surface area (Å²) in [6, 6.07) is 35.0. The molecule has 52 heavy (non-hydrogen) atoms. The van der Waals surface area contributed by atoms with Gasteiger partial charge in [0.25, 0.3) is 0 Å². The molecule has 0 saturated carbocycles. The Kier molecular flexibility index (Phi) is 11.3. The number of alkyl carbamates (subject to hydrolysis) is 1. The van der Waals surface area contributed by atoms with E-state index in [4.69, 9.17) is 19.3 Å². The van der Waals surface area contributed by atoms with Crippen molar-refractivity contribution in [1.29, 1.82) is 0 Å². The third kappa shape index (κ3) is 7.68. The van der Waals surface area contributed by atoms with Crippen LogP contribution >= 0.6 is 0 Å². The molecule has 0 bridgehead atoms. The van der Waals surface area contributed by atoms with Crippen LogP contribution in [0.3, 0.4) is 0 Å². The van der Waals surface area contributed by atoms with E-state index in [1.165, 1.54) is 12.1 Å². The van der Waals surface area contributed by atoms with Crippen molar-refractivity contribution in [2.45, 2.75) is 31.4 Å². The zero-order chi connectivity index (χ0) is 36.6. The molecule has 0 radical (unpaired) electrons. The summed E-state index contributed by atoms with van der Waals surface area (Å²) in [5, 5.41) is 22.5. The number of carbonyl (C=O) groups excluding carboxylic acids is 3. The highest BCUT2D eigenvalue weighted by Crippen LogP contribution is 2.46. The van der Waals surface area contributed by atoms with Crippen molar-refractivity contribution >= 4 is 23.7 Å². The maximum Gasteiger partial charge on any atom is 0.407 e. The van der Waals surface area contributed by atoms with Gasteiger partial charge in [-0.2, -0.15) is 0 Å². The highest BCUT2D eigenvalue weighted by molar-refractivity contribution is 5.97.